The highest BCUT2D eigenvalue weighted by atomic mass is 35.5. The summed E-state index contributed by atoms with van der Waals surface area (Å²) in [6, 6.07) is 15.8. The van der Waals surface area contributed by atoms with Gasteiger partial charge < -0.3 is 15.0 Å². The zero-order valence-electron chi connectivity index (χ0n) is 11.8. The molecule has 0 heterocycles. The lowest BCUT2D eigenvalue weighted by molar-refractivity contribution is 0.415. The molecule has 2 aromatic carbocycles. The molecule has 2 rings (SSSR count). The van der Waals surface area contributed by atoms with Crippen molar-refractivity contribution in [1.29, 1.82) is 0 Å². The Morgan fingerprint density at radius 2 is 1.95 bits per heavy atom. The van der Waals surface area contributed by atoms with Crippen LogP contribution in [0.15, 0.2) is 48.5 Å². The molecule has 2 aromatic rings. The monoisotopic (exact) mass is 290 g/mol. The van der Waals surface area contributed by atoms with Crippen molar-refractivity contribution in [1.82, 2.24) is 0 Å². The van der Waals surface area contributed by atoms with E-state index in [0.717, 1.165) is 35.2 Å². The van der Waals surface area contributed by atoms with Gasteiger partial charge in [-0.2, -0.15) is 0 Å². The van der Waals surface area contributed by atoms with Gasteiger partial charge in [0.15, 0.2) is 0 Å². The third-order valence-corrected chi connectivity index (χ3v) is 3.46. The van der Waals surface area contributed by atoms with Gasteiger partial charge in [-0.05, 0) is 24.3 Å². The van der Waals surface area contributed by atoms with E-state index < -0.39 is 0 Å². The molecule has 20 heavy (non-hydrogen) atoms. The highest BCUT2D eigenvalue weighted by Crippen LogP contribution is 2.21. The SMILES string of the molecule is COc1cccc(N(C)CCNc2ccccc2Cl)c1. The van der Waals surface area contributed by atoms with Crippen molar-refractivity contribution in [2.45, 2.75) is 0 Å². The predicted molar refractivity (Wildman–Crippen MR) is 86.2 cm³/mol. The number of methoxy groups -OCH3 is 1. The standard InChI is InChI=1S/C16H19ClN2O/c1-19(13-6-5-7-14(12-13)20-2)11-10-18-16-9-4-3-8-15(16)17/h3-9,12,18H,10-11H2,1-2H3. The zero-order valence-corrected chi connectivity index (χ0v) is 12.5. The van der Waals surface area contributed by atoms with Gasteiger partial charge in [0.1, 0.15) is 5.75 Å². The highest BCUT2D eigenvalue weighted by molar-refractivity contribution is 6.33. The van der Waals surface area contributed by atoms with E-state index >= 15 is 0 Å². The molecule has 106 valence electrons. The molecule has 4 heteroatoms. The lowest BCUT2D eigenvalue weighted by atomic mass is 10.2. The van der Waals surface area contributed by atoms with Crippen LogP contribution in [0.4, 0.5) is 11.4 Å². The molecule has 0 atom stereocenters. The fraction of sp³-hybridized carbons (Fsp3) is 0.250. The van der Waals surface area contributed by atoms with E-state index in [2.05, 4.69) is 23.3 Å². The van der Waals surface area contributed by atoms with Gasteiger partial charge in [0.2, 0.25) is 0 Å². The topological polar surface area (TPSA) is 24.5 Å². The number of hydrogen-bond acceptors (Lipinski definition) is 3. The summed E-state index contributed by atoms with van der Waals surface area (Å²) in [4.78, 5) is 2.17. The molecule has 3 nitrogen and oxygen atoms in total. The van der Waals surface area contributed by atoms with E-state index in [1.54, 1.807) is 7.11 Å². The number of benzene rings is 2. The molecule has 0 radical (unpaired) electrons. The first-order valence-corrected chi connectivity index (χ1v) is 6.92. The Bertz CT molecular complexity index is 560. The number of likely N-dealkylation sites (N-methyl/N-ethyl adjacent to an activating group) is 1. The maximum atomic E-state index is 6.10. The maximum absolute atomic E-state index is 6.10. The van der Waals surface area contributed by atoms with Crippen molar-refractivity contribution in [3.8, 4) is 5.75 Å². The van der Waals surface area contributed by atoms with Gasteiger partial charge in [0, 0.05) is 31.9 Å². The minimum absolute atomic E-state index is 0.747. The summed E-state index contributed by atoms with van der Waals surface area (Å²) in [6.45, 7) is 1.69. The number of para-hydroxylation sites is 1. The first-order valence-electron chi connectivity index (χ1n) is 6.54. The molecule has 0 aromatic heterocycles. The molecule has 0 aliphatic heterocycles. The van der Waals surface area contributed by atoms with Gasteiger partial charge in [-0.3, -0.25) is 0 Å². The smallest absolute Gasteiger partial charge is 0.120 e. The van der Waals surface area contributed by atoms with E-state index in [-0.39, 0.29) is 0 Å². The number of ether oxygens (including phenoxy) is 1. The number of halogens is 1. The van der Waals surface area contributed by atoms with Gasteiger partial charge in [0.25, 0.3) is 0 Å². The summed E-state index contributed by atoms with van der Waals surface area (Å²) in [7, 11) is 3.74. The third kappa shape index (κ3) is 3.81. The summed E-state index contributed by atoms with van der Waals surface area (Å²) in [5, 5.41) is 4.08. The summed E-state index contributed by atoms with van der Waals surface area (Å²) >= 11 is 6.10. The van der Waals surface area contributed by atoms with Crippen LogP contribution >= 0.6 is 11.6 Å². The van der Waals surface area contributed by atoms with E-state index in [0.29, 0.717) is 0 Å². The van der Waals surface area contributed by atoms with Crippen LogP contribution in [-0.4, -0.2) is 27.2 Å². The van der Waals surface area contributed by atoms with E-state index in [4.69, 9.17) is 16.3 Å². The van der Waals surface area contributed by atoms with E-state index in [1.807, 2.05) is 42.5 Å². The van der Waals surface area contributed by atoms with Crippen molar-refractivity contribution in [2.75, 3.05) is 37.5 Å². The summed E-state index contributed by atoms with van der Waals surface area (Å²) in [6.07, 6.45) is 0. The van der Waals surface area contributed by atoms with Crippen LogP contribution in [0.25, 0.3) is 0 Å². The van der Waals surface area contributed by atoms with E-state index in [1.165, 1.54) is 0 Å². The number of hydrogen-bond donors (Lipinski definition) is 1. The van der Waals surface area contributed by atoms with Crippen LogP contribution in [0, 0.1) is 0 Å². The molecule has 0 aliphatic carbocycles. The predicted octanol–water partition coefficient (Wildman–Crippen LogP) is 3.90. The van der Waals surface area contributed by atoms with Crippen LogP contribution in [-0.2, 0) is 0 Å². The van der Waals surface area contributed by atoms with Crippen molar-refractivity contribution < 1.29 is 4.74 Å². The van der Waals surface area contributed by atoms with Crippen LogP contribution < -0.4 is 15.0 Å². The minimum atomic E-state index is 0.747. The molecule has 0 bridgehead atoms. The quantitative estimate of drug-likeness (QED) is 0.873. The molecule has 0 fully saturated rings. The highest BCUT2D eigenvalue weighted by Gasteiger charge is 2.03. The number of nitrogens with zero attached hydrogens (tertiary/aromatic N) is 1. The summed E-state index contributed by atoms with van der Waals surface area (Å²) in [5.41, 5.74) is 2.10. The lowest BCUT2D eigenvalue weighted by Gasteiger charge is -2.20. The second-order valence-electron chi connectivity index (χ2n) is 4.53. The van der Waals surface area contributed by atoms with Gasteiger partial charge in [-0.15, -0.1) is 0 Å². The Morgan fingerprint density at radius 3 is 2.70 bits per heavy atom. The Hall–Kier alpha value is -1.87. The molecule has 0 aliphatic rings. The van der Waals surface area contributed by atoms with Gasteiger partial charge in [-0.1, -0.05) is 29.8 Å². The third-order valence-electron chi connectivity index (χ3n) is 3.13. The molecule has 0 saturated heterocycles. The fourth-order valence-electron chi connectivity index (χ4n) is 1.94. The molecule has 1 N–H and O–H groups in total. The maximum Gasteiger partial charge on any atom is 0.120 e. The van der Waals surface area contributed by atoms with Crippen LogP contribution in [0.2, 0.25) is 5.02 Å². The Balaban J connectivity index is 1.89. The van der Waals surface area contributed by atoms with Crippen molar-refractivity contribution >= 4 is 23.0 Å². The number of anilines is 2. The molecular formula is C16H19ClN2O. The Morgan fingerprint density at radius 1 is 1.15 bits per heavy atom. The van der Waals surface area contributed by atoms with Gasteiger partial charge >= 0.3 is 0 Å². The molecule has 0 amide bonds. The van der Waals surface area contributed by atoms with Crippen LogP contribution in [0.3, 0.4) is 0 Å². The molecular weight excluding hydrogens is 272 g/mol. The molecule has 0 unspecified atom stereocenters. The number of nitrogens with one attached hydrogen (secondary N) is 1. The average molecular weight is 291 g/mol. The second kappa shape index (κ2) is 7.06. The van der Waals surface area contributed by atoms with E-state index in [9.17, 15) is 0 Å². The first kappa shape index (κ1) is 14.5. The van der Waals surface area contributed by atoms with Crippen LogP contribution in [0.1, 0.15) is 0 Å². The second-order valence-corrected chi connectivity index (χ2v) is 4.94. The lowest BCUT2D eigenvalue weighted by Crippen LogP contribution is -2.24. The first-order chi connectivity index (χ1) is 9.70. The van der Waals surface area contributed by atoms with Gasteiger partial charge in [0.05, 0.1) is 17.8 Å². The van der Waals surface area contributed by atoms with Crippen molar-refractivity contribution in [2.24, 2.45) is 0 Å². The van der Waals surface area contributed by atoms with Gasteiger partial charge in [-0.25, -0.2) is 0 Å². The Kier molecular flexibility index (Phi) is 5.13. The van der Waals surface area contributed by atoms with Crippen molar-refractivity contribution in [3.05, 3.63) is 53.6 Å². The fourth-order valence-corrected chi connectivity index (χ4v) is 2.14. The largest absolute Gasteiger partial charge is 0.497 e. The van der Waals surface area contributed by atoms with Crippen molar-refractivity contribution in [3.63, 3.8) is 0 Å². The molecule has 0 spiro atoms. The molecule has 0 saturated carbocycles. The van der Waals surface area contributed by atoms with Crippen LogP contribution in [0.5, 0.6) is 5.75 Å². The Labute approximate surface area is 125 Å². The zero-order chi connectivity index (χ0) is 14.4. The summed E-state index contributed by atoms with van der Waals surface area (Å²) < 4.78 is 5.23. The summed E-state index contributed by atoms with van der Waals surface area (Å²) in [5.74, 6) is 0.869. The normalized spacial score (nSPS) is 10.2. The minimum Gasteiger partial charge on any atom is -0.497 e. The average Bonchev–Trinajstić information content (AvgIpc) is 2.49. The number of rotatable bonds is 6.